The molecule has 9 heteroatoms. The summed E-state index contributed by atoms with van der Waals surface area (Å²) in [6.07, 6.45) is -0.318. The molecule has 0 spiro atoms. The van der Waals surface area contributed by atoms with E-state index in [-0.39, 0.29) is 35.4 Å². The molecule has 0 amide bonds. The molecule has 0 saturated heterocycles. The second-order valence-corrected chi connectivity index (χ2v) is 5.65. The molecule has 136 valence electrons. The predicted molar refractivity (Wildman–Crippen MR) is 94.8 cm³/mol. The molecule has 2 aromatic rings. The molecule has 0 aliphatic carbocycles. The number of phenols is 3. The largest absolute Gasteiger partial charge is 0.508 e. The molecule has 1 atom stereocenters. The van der Waals surface area contributed by atoms with E-state index in [4.69, 9.17) is 20.9 Å². The quantitative estimate of drug-likeness (QED) is 0.314. The average Bonchev–Trinajstić information content (AvgIpc) is 2.58. The van der Waals surface area contributed by atoms with Crippen LogP contribution in [0.5, 0.6) is 28.7 Å². The van der Waals surface area contributed by atoms with Crippen molar-refractivity contribution in [2.75, 3.05) is 7.11 Å². The summed E-state index contributed by atoms with van der Waals surface area (Å²) >= 11 is 0. The van der Waals surface area contributed by atoms with Gasteiger partial charge in [-0.2, -0.15) is 5.10 Å². The highest BCUT2D eigenvalue weighted by molar-refractivity contribution is 6.06. The number of fused-ring (bicyclic) bond motifs is 1. The Morgan fingerprint density at radius 1 is 1.15 bits per heavy atom. The van der Waals surface area contributed by atoms with Crippen LogP contribution in [0, 0.1) is 0 Å². The van der Waals surface area contributed by atoms with E-state index in [1.165, 1.54) is 25.3 Å². The Labute approximate surface area is 148 Å². The fourth-order valence-electron chi connectivity index (χ4n) is 2.74. The lowest BCUT2D eigenvalue weighted by Gasteiger charge is -2.28. The van der Waals surface area contributed by atoms with Crippen molar-refractivity contribution >= 4 is 11.7 Å². The monoisotopic (exact) mass is 358 g/mol. The van der Waals surface area contributed by atoms with Gasteiger partial charge in [0.1, 0.15) is 23.4 Å². The zero-order valence-corrected chi connectivity index (χ0v) is 13.9. The zero-order valence-electron chi connectivity index (χ0n) is 13.9. The summed E-state index contributed by atoms with van der Waals surface area (Å²) in [7, 11) is 1.45. The number of nitrogens with zero attached hydrogens (tertiary/aromatic N) is 2. The molecule has 0 aromatic heterocycles. The molecule has 1 unspecified atom stereocenters. The third-order valence-electron chi connectivity index (χ3n) is 3.86. The van der Waals surface area contributed by atoms with Crippen LogP contribution in [-0.4, -0.2) is 34.1 Å². The van der Waals surface area contributed by atoms with Crippen molar-refractivity contribution in [2.45, 2.75) is 12.5 Å². The third-order valence-corrected chi connectivity index (χ3v) is 3.86. The Balaban J connectivity index is 2.07. The molecule has 1 heterocycles. The normalized spacial score (nSPS) is 17.3. The van der Waals surface area contributed by atoms with Gasteiger partial charge in [0.15, 0.2) is 11.5 Å². The van der Waals surface area contributed by atoms with Gasteiger partial charge in [0.05, 0.1) is 18.4 Å². The van der Waals surface area contributed by atoms with E-state index in [1.54, 1.807) is 12.1 Å². The molecule has 1 aliphatic heterocycles. The van der Waals surface area contributed by atoms with E-state index >= 15 is 0 Å². The van der Waals surface area contributed by atoms with Crippen LogP contribution in [-0.2, 0) is 0 Å². The van der Waals surface area contributed by atoms with Crippen molar-refractivity contribution in [3.05, 3.63) is 41.5 Å². The molecule has 7 N–H and O–H groups in total. The SMILES string of the molecule is COc1ccc(C2C/C(=N\N=C(N)N)c3c(O)cc(O)cc3O2)cc1O. The maximum Gasteiger partial charge on any atom is 0.211 e. The Hall–Kier alpha value is -3.62. The molecule has 2 aromatic carbocycles. The van der Waals surface area contributed by atoms with Gasteiger partial charge in [0, 0.05) is 18.6 Å². The molecular formula is C17H18N4O5. The molecule has 1 aliphatic rings. The molecular weight excluding hydrogens is 340 g/mol. The Morgan fingerprint density at radius 2 is 1.92 bits per heavy atom. The highest BCUT2D eigenvalue weighted by Gasteiger charge is 2.30. The van der Waals surface area contributed by atoms with Crippen molar-refractivity contribution < 1.29 is 24.8 Å². The standard InChI is InChI=1S/C17H18N4O5/c1-25-13-3-2-8(4-11(13)23)14-7-10(20-21-17(18)19)16-12(24)5-9(22)6-15(16)26-14/h2-6,14,22-24H,7H2,1H3,(H4,18,19,21)/b20-10+. The highest BCUT2D eigenvalue weighted by Crippen LogP contribution is 2.43. The van der Waals surface area contributed by atoms with Crippen molar-refractivity contribution in [1.82, 2.24) is 0 Å². The third kappa shape index (κ3) is 3.27. The first-order valence-corrected chi connectivity index (χ1v) is 7.64. The number of guanidine groups is 1. The number of phenolic OH excluding ortho intramolecular Hbond substituents is 3. The van der Waals surface area contributed by atoms with Gasteiger partial charge in [0.2, 0.25) is 5.96 Å². The number of aromatic hydroxyl groups is 3. The summed E-state index contributed by atoms with van der Waals surface area (Å²) in [5, 5.41) is 37.5. The summed E-state index contributed by atoms with van der Waals surface area (Å²) in [4.78, 5) is 0. The highest BCUT2D eigenvalue weighted by atomic mass is 16.5. The maximum absolute atomic E-state index is 10.2. The lowest BCUT2D eigenvalue weighted by molar-refractivity contribution is 0.203. The molecule has 26 heavy (non-hydrogen) atoms. The van der Waals surface area contributed by atoms with Crippen LogP contribution in [0.3, 0.4) is 0 Å². The van der Waals surface area contributed by atoms with Crippen LogP contribution in [0.4, 0.5) is 0 Å². The molecule has 3 rings (SSSR count). The minimum absolute atomic E-state index is 0.0409. The van der Waals surface area contributed by atoms with Gasteiger partial charge in [-0.1, -0.05) is 6.07 Å². The summed E-state index contributed by atoms with van der Waals surface area (Å²) < 4.78 is 10.9. The second kappa shape index (κ2) is 6.71. The zero-order chi connectivity index (χ0) is 18.8. The Kier molecular flexibility index (Phi) is 4.44. The minimum Gasteiger partial charge on any atom is -0.508 e. The van der Waals surface area contributed by atoms with Crippen LogP contribution < -0.4 is 20.9 Å². The van der Waals surface area contributed by atoms with E-state index in [0.29, 0.717) is 22.6 Å². The number of nitrogens with two attached hydrogens (primary N) is 2. The molecule has 0 saturated carbocycles. The van der Waals surface area contributed by atoms with Crippen LogP contribution in [0.1, 0.15) is 23.7 Å². The first-order valence-electron chi connectivity index (χ1n) is 7.64. The van der Waals surface area contributed by atoms with Crippen LogP contribution >= 0.6 is 0 Å². The minimum atomic E-state index is -0.548. The van der Waals surface area contributed by atoms with Gasteiger partial charge in [-0.3, -0.25) is 0 Å². The number of rotatable bonds is 3. The Morgan fingerprint density at radius 3 is 2.58 bits per heavy atom. The second-order valence-electron chi connectivity index (χ2n) is 5.65. The average molecular weight is 358 g/mol. The van der Waals surface area contributed by atoms with Gasteiger partial charge in [-0.25, -0.2) is 0 Å². The van der Waals surface area contributed by atoms with E-state index in [2.05, 4.69) is 10.2 Å². The van der Waals surface area contributed by atoms with Gasteiger partial charge < -0.3 is 36.3 Å². The summed E-state index contributed by atoms with van der Waals surface area (Å²) in [5.74, 6) is -0.0993. The molecule has 0 bridgehead atoms. The van der Waals surface area contributed by atoms with E-state index in [1.807, 2.05) is 0 Å². The van der Waals surface area contributed by atoms with Gasteiger partial charge in [-0.05, 0) is 17.7 Å². The van der Waals surface area contributed by atoms with Crippen molar-refractivity contribution in [3.8, 4) is 28.7 Å². The lowest BCUT2D eigenvalue weighted by Crippen LogP contribution is -2.24. The van der Waals surface area contributed by atoms with E-state index in [0.717, 1.165) is 0 Å². The van der Waals surface area contributed by atoms with E-state index in [9.17, 15) is 15.3 Å². The summed E-state index contributed by atoms with van der Waals surface area (Å²) in [5.41, 5.74) is 12.0. The number of hydrogen-bond acceptors (Lipinski definition) is 7. The number of hydrogen-bond donors (Lipinski definition) is 5. The van der Waals surface area contributed by atoms with Gasteiger partial charge in [0.25, 0.3) is 0 Å². The maximum atomic E-state index is 10.2. The van der Waals surface area contributed by atoms with Crippen molar-refractivity contribution in [2.24, 2.45) is 21.7 Å². The van der Waals surface area contributed by atoms with Crippen molar-refractivity contribution in [1.29, 1.82) is 0 Å². The van der Waals surface area contributed by atoms with Crippen LogP contribution in [0.25, 0.3) is 0 Å². The predicted octanol–water partition coefficient (Wildman–Crippen LogP) is 1.31. The fourth-order valence-corrected chi connectivity index (χ4v) is 2.74. The lowest BCUT2D eigenvalue weighted by atomic mass is 9.94. The number of methoxy groups -OCH3 is 1. The van der Waals surface area contributed by atoms with Gasteiger partial charge >= 0.3 is 0 Å². The topological polar surface area (TPSA) is 156 Å². The summed E-state index contributed by atoms with van der Waals surface area (Å²) in [6.45, 7) is 0. The van der Waals surface area contributed by atoms with Crippen LogP contribution in [0.2, 0.25) is 0 Å². The molecule has 9 nitrogen and oxygen atoms in total. The molecule has 0 fully saturated rings. The number of ether oxygens (including phenoxy) is 2. The molecule has 0 radical (unpaired) electrons. The van der Waals surface area contributed by atoms with Gasteiger partial charge in [-0.15, -0.1) is 5.10 Å². The van der Waals surface area contributed by atoms with Crippen LogP contribution in [0.15, 0.2) is 40.5 Å². The number of benzene rings is 2. The first-order chi connectivity index (χ1) is 12.4. The fraction of sp³-hybridized carbons (Fsp3) is 0.176. The van der Waals surface area contributed by atoms with Crippen molar-refractivity contribution in [3.63, 3.8) is 0 Å². The van der Waals surface area contributed by atoms with E-state index < -0.39 is 6.10 Å². The Bertz CT molecular complexity index is 906. The first kappa shape index (κ1) is 17.2. The smallest absolute Gasteiger partial charge is 0.211 e. The summed E-state index contributed by atoms with van der Waals surface area (Å²) in [6, 6.07) is 7.38.